The molecule has 0 amide bonds. The number of ketones is 1. The summed E-state index contributed by atoms with van der Waals surface area (Å²) in [7, 11) is 2.48. The number of benzene rings is 1. The van der Waals surface area contributed by atoms with Gasteiger partial charge in [0.25, 0.3) is 5.60 Å². The Balaban J connectivity index is 0.00000400. The van der Waals surface area contributed by atoms with Gasteiger partial charge in [-0.2, -0.15) is 4.98 Å². The highest BCUT2D eigenvalue weighted by Crippen LogP contribution is 2.40. The van der Waals surface area contributed by atoms with Gasteiger partial charge in [0.05, 0.1) is 5.56 Å². The molecule has 0 aliphatic carbocycles. The highest BCUT2D eigenvalue weighted by Gasteiger charge is 2.61. The first-order valence-electron chi connectivity index (χ1n) is 11.4. The fraction of sp³-hybridized carbons (Fsp3) is 0.269. The zero-order valence-corrected chi connectivity index (χ0v) is 21.8. The van der Waals surface area contributed by atoms with Crippen LogP contribution in [-0.2, 0) is 20.7 Å². The van der Waals surface area contributed by atoms with Crippen LogP contribution in [0.5, 0.6) is 0 Å². The lowest BCUT2D eigenvalue weighted by molar-refractivity contribution is -0.171. The molecule has 1 aromatic carbocycles. The van der Waals surface area contributed by atoms with E-state index in [0.717, 1.165) is 12.7 Å². The second-order valence-electron chi connectivity index (χ2n) is 8.23. The maximum absolute atomic E-state index is 14.0. The van der Waals surface area contributed by atoms with Crippen LogP contribution >= 0.6 is 12.4 Å². The largest absolute Gasteiger partial charge is 0.479 e. The van der Waals surface area contributed by atoms with Gasteiger partial charge in [-0.25, -0.2) is 14.8 Å². The van der Waals surface area contributed by atoms with Crippen molar-refractivity contribution in [1.82, 2.24) is 15.0 Å². The first-order chi connectivity index (χ1) is 17.8. The number of carboxylic acid groups (broad SMARTS) is 1. The van der Waals surface area contributed by atoms with E-state index >= 15 is 0 Å². The number of hydrogen-bond acceptors (Lipinski definition) is 10. The van der Waals surface area contributed by atoms with Crippen LogP contribution in [0.4, 0.5) is 17.6 Å². The summed E-state index contributed by atoms with van der Waals surface area (Å²) < 4.78 is 10.9. The summed E-state index contributed by atoms with van der Waals surface area (Å²) >= 11 is 0. The molecule has 0 radical (unpaired) electrons. The van der Waals surface area contributed by atoms with E-state index in [2.05, 4.69) is 26.8 Å². The molecule has 38 heavy (non-hydrogen) atoms. The molecule has 1 aliphatic rings. The van der Waals surface area contributed by atoms with Gasteiger partial charge in [0, 0.05) is 56.3 Å². The smallest absolute Gasteiger partial charge is 0.349 e. The average Bonchev–Trinajstić information content (AvgIpc) is 2.89. The quantitative estimate of drug-likeness (QED) is 0.310. The van der Waals surface area contributed by atoms with Gasteiger partial charge in [-0.05, 0) is 24.6 Å². The van der Waals surface area contributed by atoms with Crippen LogP contribution in [0.2, 0.25) is 0 Å². The summed E-state index contributed by atoms with van der Waals surface area (Å²) in [5.74, 6) is 4.22. The molecule has 2 unspecified atom stereocenters. The molecule has 2 atom stereocenters. The standard InChI is InChI=1S/C26H26N6O5.ClH/c1-4-32-22-19(20(33)26(37-3,24(34)35)23(32)36-2)18(12-17-14-30-25(28)31-21(17)27)16(13-29-22)11-10-15-8-6-5-7-9-15;/h5-9,13-14,23H,4,12H2,1-3H3,(H,34,35)(H4,27,28,30,31);1H. The lowest BCUT2D eigenvalue weighted by atomic mass is 9.81. The number of carbonyl (C=O) groups excluding carboxylic acids is 1. The number of methoxy groups -OCH3 is 2. The highest BCUT2D eigenvalue weighted by atomic mass is 35.5. The number of ether oxygens (including phenoxy) is 2. The number of fused-ring (bicyclic) bond motifs is 1. The molecule has 3 heterocycles. The SMILES string of the molecule is CCN1c2ncc(C#Cc3ccccc3)c(Cc3cnc(N)nc3N)c2C(=O)C(OC)(C(=O)O)C1OC.Cl. The average molecular weight is 539 g/mol. The number of anilines is 3. The van der Waals surface area contributed by atoms with Crippen molar-refractivity contribution >= 4 is 41.7 Å². The van der Waals surface area contributed by atoms with Crippen LogP contribution in [0.25, 0.3) is 0 Å². The number of hydrogen-bond donors (Lipinski definition) is 3. The third-order valence-electron chi connectivity index (χ3n) is 6.24. The fourth-order valence-corrected chi connectivity index (χ4v) is 4.43. The lowest BCUT2D eigenvalue weighted by Crippen LogP contribution is -2.67. The first-order valence-corrected chi connectivity index (χ1v) is 11.4. The molecular formula is C26H27ClN6O5. The normalized spacial score (nSPS) is 18.1. The minimum absolute atomic E-state index is 0. The van der Waals surface area contributed by atoms with Crippen molar-refractivity contribution in [3.8, 4) is 11.8 Å². The van der Waals surface area contributed by atoms with E-state index in [1.54, 1.807) is 18.0 Å². The number of rotatable bonds is 6. The summed E-state index contributed by atoms with van der Waals surface area (Å²) in [6.45, 7) is 2.08. The number of nitrogens with zero attached hydrogens (tertiary/aromatic N) is 4. The Morgan fingerprint density at radius 1 is 1.16 bits per heavy atom. The number of carboxylic acids is 1. The number of aromatic nitrogens is 3. The molecule has 3 aromatic rings. The van der Waals surface area contributed by atoms with E-state index in [1.807, 2.05) is 30.3 Å². The Kier molecular flexibility index (Phi) is 8.53. The number of aliphatic carboxylic acids is 1. The van der Waals surface area contributed by atoms with Gasteiger partial charge >= 0.3 is 5.97 Å². The molecule has 5 N–H and O–H groups in total. The number of nitrogens with two attached hydrogens (primary N) is 2. The van der Waals surface area contributed by atoms with Gasteiger partial charge in [0.15, 0.2) is 6.23 Å². The minimum Gasteiger partial charge on any atom is -0.479 e. The van der Waals surface area contributed by atoms with Crippen molar-refractivity contribution in [3.05, 3.63) is 70.5 Å². The monoisotopic (exact) mass is 538 g/mol. The van der Waals surface area contributed by atoms with E-state index in [0.29, 0.717) is 16.7 Å². The summed E-state index contributed by atoms with van der Waals surface area (Å²) in [5.41, 5.74) is 11.5. The predicted molar refractivity (Wildman–Crippen MR) is 143 cm³/mol. The van der Waals surface area contributed by atoms with E-state index in [-0.39, 0.29) is 48.5 Å². The number of Topliss-reactive ketones (excluding diaryl/α,β-unsaturated/α-hetero) is 1. The predicted octanol–water partition coefficient (Wildman–Crippen LogP) is 1.91. The second kappa shape index (κ2) is 11.4. The molecule has 0 bridgehead atoms. The molecule has 0 saturated heterocycles. The Morgan fingerprint density at radius 3 is 2.45 bits per heavy atom. The van der Waals surface area contributed by atoms with Crippen LogP contribution in [0.15, 0.2) is 42.7 Å². The van der Waals surface area contributed by atoms with Gasteiger partial charge < -0.3 is 30.9 Å². The summed E-state index contributed by atoms with van der Waals surface area (Å²) in [6.07, 6.45) is 1.81. The van der Waals surface area contributed by atoms with Gasteiger partial charge in [-0.3, -0.25) is 4.79 Å². The van der Waals surface area contributed by atoms with Crippen molar-refractivity contribution in [1.29, 1.82) is 0 Å². The van der Waals surface area contributed by atoms with Crippen LogP contribution in [0, 0.1) is 11.8 Å². The van der Waals surface area contributed by atoms with Crippen LogP contribution < -0.4 is 16.4 Å². The lowest BCUT2D eigenvalue weighted by Gasteiger charge is -2.45. The maximum atomic E-state index is 14.0. The third-order valence-corrected chi connectivity index (χ3v) is 6.24. The topological polar surface area (TPSA) is 167 Å². The molecule has 0 saturated carbocycles. The molecule has 198 valence electrons. The highest BCUT2D eigenvalue weighted by molar-refractivity contribution is 6.20. The molecule has 0 spiro atoms. The first kappa shape index (κ1) is 28.3. The molecule has 2 aromatic heterocycles. The van der Waals surface area contributed by atoms with Gasteiger partial charge in [-0.15, -0.1) is 12.4 Å². The third kappa shape index (κ3) is 4.72. The zero-order chi connectivity index (χ0) is 26.7. The Bertz CT molecular complexity index is 1420. The number of nitrogen functional groups attached to an aromatic ring is 2. The van der Waals surface area contributed by atoms with E-state index in [4.69, 9.17) is 20.9 Å². The number of halogens is 1. The van der Waals surface area contributed by atoms with Crippen molar-refractivity contribution < 1.29 is 24.2 Å². The Labute approximate surface area is 225 Å². The van der Waals surface area contributed by atoms with Crippen molar-refractivity contribution in [2.75, 3.05) is 37.1 Å². The molecular weight excluding hydrogens is 512 g/mol. The zero-order valence-electron chi connectivity index (χ0n) is 21.0. The van der Waals surface area contributed by atoms with Gasteiger partial charge in [0.2, 0.25) is 11.7 Å². The number of likely N-dealkylation sites (N-methyl/N-ethyl adjacent to an activating group) is 1. The number of pyridine rings is 1. The minimum atomic E-state index is -2.34. The molecule has 4 rings (SSSR count). The molecule has 12 heteroatoms. The molecule has 11 nitrogen and oxygen atoms in total. The Hall–Kier alpha value is -4.24. The van der Waals surface area contributed by atoms with Crippen molar-refractivity contribution in [3.63, 3.8) is 0 Å². The van der Waals surface area contributed by atoms with Gasteiger partial charge in [-0.1, -0.05) is 30.0 Å². The Morgan fingerprint density at radius 2 is 1.87 bits per heavy atom. The van der Waals surface area contributed by atoms with E-state index in [1.165, 1.54) is 13.3 Å². The van der Waals surface area contributed by atoms with Crippen LogP contribution in [0.1, 0.15) is 39.5 Å². The summed E-state index contributed by atoms with van der Waals surface area (Å²) in [6, 6.07) is 9.28. The summed E-state index contributed by atoms with van der Waals surface area (Å²) in [5, 5.41) is 10.2. The molecule has 0 fully saturated rings. The number of carbonyl (C=O) groups is 2. The summed E-state index contributed by atoms with van der Waals surface area (Å²) in [4.78, 5) is 40.7. The van der Waals surface area contributed by atoms with E-state index in [9.17, 15) is 14.7 Å². The molecule has 1 aliphatic heterocycles. The maximum Gasteiger partial charge on any atom is 0.349 e. The van der Waals surface area contributed by atoms with Crippen LogP contribution in [0.3, 0.4) is 0 Å². The van der Waals surface area contributed by atoms with Crippen molar-refractivity contribution in [2.45, 2.75) is 25.2 Å². The van der Waals surface area contributed by atoms with E-state index < -0.39 is 23.6 Å². The van der Waals surface area contributed by atoms with Crippen LogP contribution in [-0.4, -0.2) is 64.4 Å². The second-order valence-corrected chi connectivity index (χ2v) is 8.23. The van der Waals surface area contributed by atoms with Crippen molar-refractivity contribution in [2.24, 2.45) is 0 Å². The van der Waals surface area contributed by atoms with Gasteiger partial charge in [0.1, 0.15) is 11.6 Å². The fourth-order valence-electron chi connectivity index (χ4n) is 4.43.